The lowest BCUT2D eigenvalue weighted by atomic mass is 10.0. The van der Waals surface area contributed by atoms with Gasteiger partial charge in [0.15, 0.2) is 0 Å². The summed E-state index contributed by atoms with van der Waals surface area (Å²) in [6.45, 7) is 3.05. The Bertz CT molecular complexity index is 363. The van der Waals surface area contributed by atoms with E-state index < -0.39 is 0 Å². The molecular weight excluding hydrogens is 226 g/mol. The summed E-state index contributed by atoms with van der Waals surface area (Å²) in [5, 5.41) is 13.3. The summed E-state index contributed by atoms with van der Waals surface area (Å²) in [6, 6.07) is 8.45. The fourth-order valence-corrected chi connectivity index (χ4v) is 2.59. The highest BCUT2D eigenvalue weighted by Crippen LogP contribution is 2.25. The van der Waals surface area contributed by atoms with Gasteiger partial charge in [0.05, 0.1) is 13.2 Å². The Morgan fingerprint density at radius 2 is 2.06 bits per heavy atom. The van der Waals surface area contributed by atoms with Crippen LogP contribution in [0.2, 0.25) is 0 Å². The molecule has 3 nitrogen and oxygen atoms in total. The Morgan fingerprint density at radius 3 is 2.61 bits per heavy atom. The van der Waals surface area contributed by atoms with E-state index in [0.29, 0.717) is 12.0 Å². The van der Waals surface area contributed by atoms with E-state index in [0.717, 1.165) is 31.6 Å². The van der Waals surface area contributed by atoms with Crippen molar-refractivity contribution in [3.8, 4) is 5.75 Å². The van der Waals surface area contributed by atoms with Crippen molar-refractivity contribution in [3.63, 3.8) is 0 Å². The molecule has 1 aromatic rings. The number of ether oxygens (including phenoxy) is 1. The lowest BCUT2D eigenvalue weighted by molar-refractivity contribution is 0.130. The first-order valence-electron chi connectivity index (χ1n) is 6.76. The second-order valence-corrected chi connectivity index (χ2v) is 5.16. The molecule has 3 unspecified atom stereocenters. The minimum atomic E-state index is -0.111. The predicted molar refractivity (Wildman–Crippen MR) is 72.8 cm³/mol. The van der Waals surface area contributed by atoms with Crippen molar-refractivity contribution < 1.29 is 9.84 Å². The first kappa shape index (κ1) is 13.4. The van der Waals surface area contributed by atoms with Crippen molar-refractivity contribution in [3.05, 3.63) is 29.8 Å². The zero-order valence-corrected chi connectivity index (χ0v) is 11.2. The molecule has 1 fully saturated rings. The van der Waals surface area contributed by atoms with Crippen LogP contribution in [0.4, 0.5) is 0 Å². The highest BCUT2D eigenvalue weighted by molar-refractivity contribution is 5.28. The number of hydrogen-bond acceptors (Lipinski definition) is 3. The molecule has 3 heteroatoms. The van der Waals surface area contributed by atoms with Gasteiger partial charge in [-0.25, -0.2) is 0 Å². The van der Waals surface area contributed by atoms with Gasteiger partial charge in [0, 0.05) is 12.6 Å². The van der Waals surface area contributed by atoms with E-state index in [2.05, 4.69) is 24.4 Å². The summed E-state index contributed by atoms with van der Waals surface area (Å²) in [6.07, 6.45) is 3.15. The van der Waals surface area contributed by atoms with Gasteiger partial charge in [-0.15, -0.1) is 0 Å². The standard InChI is InChI=1S/C15H23NO2/c1-11(12-6-8-14(18-2)9-7-12)16-10-13-4-3-5-15(13)17/h6-9,11,13,15-17H,3-5,10H2,1-2H3. The third-order valence-electron chi connectivity index (χ3n) is 3.92. The van der Waals surface area contributed by atoms with E-state index in [-0.39, 0.29) is 6.10 Å². The van der Waals surface area contributed by atoms with Gasteiger partial charge >= 0.3 is 0 Å². The van der Waals surface area contributed by atoms with Crippen LogP contribution in [-0.2, 0) is 0 Å². The molecule has 100 valence electrons. The number of aliphatic hydroxyl groups is 1. The topological polar surface area (TPSA) is 41.5 Å². The molecule has 1 saturated carbocycles. The number of methoxy groups -OCH3 is 1. The number of rotatable bonds is 5. The van der Waals surface area contributed by atoms with Crippen LogP contribution in [0.25, 0.3) is 0 Å². The molecule has 0 aromatic heterocycles. The molecule has 0 heterocycles. The molecule has 2 rings (SSSR count). The van der Waals surface area contributed by atoms with E-state index >= 15 is 0 Å². The molecular formula is C15H23NO2. The van der Waals surface area contributed by atoms with Crippen LogP contribution in [0.15, 0.2) is 24.3 Å². The molecule has 1 aromatic carbocycles. The maximum Gasteiger partial charge on any atom is 0.118 e. The van der Waals surface area contributed by atoms with Gasteiger partial charge in [-0.05, 0) is 43.4 Å². The summed E-state index contributed by atoms with van der Waals surface area (Å²) in [4.78, 5) is 0. The first-order valence-corrected chi connectivity index (χ1v) is 6.76. The fourth-order valence-electron chi connectivity index (χ4n) is 2.59. The van der Waals surface area contributed by atoms with Crippen molar-refractivity contribution in [1.29, 1.82) is 0 Å². The quantitative estimate of drug-likeness (QED) is 0.842. The van der Waals surface area contributed by atoms with Crippen LogP contribution in [0.5, 0.6) is 5.75 Å². The molecule has 0 aliphatic heterocycles. The minimum absolute atomic E-state index is 0.111. The summed E-state index contributed by atoms with van der Waals surface area (Å²) < 4.78 is 5.15. The average Bonchev–Trinajstić information content (AvgIpc) is 2.81. The van der Waals surface area contributed by atoms with Gasteiger partial charge in [0.25, 0.3) is 0 Å². The van der Waals surface area contributed by atoms with Crippen molar-refractivity contribution in [1.82, 2.24) is 5.32 Å². The molecule has 0 radical (unpaired) electrons. The highest BCUT2D eigenvalue weighted by atomic mass is 16.5. The third kappa shape index (κ3) is 3.24. The average molecular weight is 249 g/mol. The normalized spacial score (nSPS) is 25.1. The minimum Gasteiger partial charge on any atom is -0.497 e. The molecule has 1 aliphatic rings. The Balaban J connectivity index is 1.84. The molecule has 0 spiro atoms. The molecule has 2 N–H and O–H groups in total. The highest BCUT2D eigenvalue weighted by Gasteiger charge is 2.25. The summed E-state index contributed by atoms with van der Waals surface area (Å²) in [7, 11) is 1.68. The monoisotopic (exact) mass is 249 g/mol. The molecule has 3 atom stereocenters. The lowest BCUT2D eigenvalue weighted by Gasteiger charge is -2.20. The van der Waals surface area contributed by atoms with Gasteiger partial charge < -0.3 is 15.2 Å². The maximum absolute atomic E-state index is 9.78. The van der Waals surface area contributed by atoms with Gasteiger partial charge in [0.2, 0.25) is 0 Å². The summed E-state index contributed by atoms with van der Waals surface area (Å²) >= 11 is 0. The van der Waals surface area contributed by atoms with Gasteiger partial charge in [-0.1, -0.05) is 18.6 Å². The molecule has 18 heavy (non-hydrogen) atoms. The molecule has 0 amide bonds. The lowest BCUT2D eigenvalue weighted by Crippen LogP contribution is -2.29. The summed E-state index contributed by atoms with van der Waals surface area (Å²) in [5.74, 6) is 1.31. The van der Waals surface area contributed by atoms with E-state index in [9.17, 15) is 5.11 Å². The Morgan fingerprint density at radius 1 is 1.33 bits per heavy atom. The largest absolute Gasteiger partial charge is 0.497 e. The van der Waals surface area contributed by atoms with Gasteiger partial charge in [0.1, 0.15) is 5.75 Å². The second-order valence-electron chi connectivity index (χ2n) is 5.16. The van der Waals surface area contributed by atoms with Crippen LogP contribution in [0.1, 0.15) is 37.8 Å². The van der Waals surface area contributed by atoms with Gasteiger partial charge in [-0.3, -0.25) is 0 Å². The third-order valence-corrected chi connectivity index (χ3v) is 3.92. The van der Waals surface area contributed by atoms with Crippen molar-refractivity contribution in [2.75, 3.05) is 13.7 Å². The van der Waals surface area contributed by atoms with Gasteiger partial charge in [-0.2, -0.15) is 0 Å². The van der Waals surface area contributed by atoms with E-state index in [1.54, 1.807) is 7.11 Å². The van der Waals surface area contributed by atoms with E-state index in [1.165, 1.54) is 5.56 Å². The number of nitrogens with one attached hydrogen (secondary N) is 1. The SMILES string of the molecule is COc1ccc(C(C)NCC2CCCC2O)cc1. The number of benzene rings is 1. The van der Waals surface area contributed by atoms with E-state index in [1.807, 2.05) is 12.1 Å². The number of aliphatic hydroxyl groups excluding tert-OH is 1. The van der Waals surface area contributed by atoms with Crippen LogP contribution in [0, 0.1) is 5.92 Å². The smallest absolute Gasteiger partial charge is 0.118 e. The zero-order valence-electron chi connectivity index (χ0n) is 11.2. The number of hydrogen-bond donors (Lipinski definition) is 2. The first-order chi connectivity index (χ1) is 8.70. The molecule has 0 bridgehead atoms. The van der Waals surface area contributed by atoms with Crippen molar-refractivity contribution in [2.45, 2.75) is 38.3 Å². The Hall–Kier alpha value is -1.06. The van der Waals surface area contributed by atoms with Crippen LogP contribution in [-0.4, -0.2) is 24.9 Å². The molecule has 1 aliphatic carbocycles. The van der Waals surface area contributed by atoms with Crippen LogP contribution < -0.4 is 10.1 Å². The zero-order chi connectivity index (χ0) is 13.0. The Labute approximate surface area is 109 Å². The predicted octanol–water partition coefficient (Wildman–Crippen LogP) is 2.51. The fraction of sp³-hybridized carbons (Fsp3) is 0.600. The Kier molecular flexibility index (Phi) is 4.61. The van der Waals surface area contributed by atoms with Crippen LogP contribution in [0.3, 0.4) is 0 Å². The molecule has 0 saturated heterocycles. The van der Waals surface area contributed by atoms with E-state index in [4.69, 9.17) is 4.74 Å². The van der Waals surface area contributed by atoms with Crippen molar-refractivity contribution >= 4 is 0 Å². The second kappa shape index (κ2) is 6.21. The van der Waals surface area contributed by atoms with Crippen molar-refractivity contribution in [2.24, 2.45) is 5.92 Å². The van der Waals surface area contributed by atoms with Crippen LogP contribution >= 0.6 is 0 Å². The summed E-state index contributed by atoms with van der Waals surface area (Å²) in [5.41, 5.74) is 1.25. The maximum atomic E-state index is 9.78.